The predicted molar refractivity (Wildman–Crippen MR) is 107 cm³/mol. The first-order valence-electron chi connectivity index (χ1n) is 7.86. The number of aryl methyl sites for hydroxylation is 1. The van der Waals surface area contributed by atoms with E-state index in [1.807, 2.05) is 10.6 Å². The Hall–Kier alpha value is -1.55. The molecule has 0 spiro atoms. The van der Waals surface area contributed by atoms with Crippen molar-refractivity contribution in [1.29, 1.82) is 0 Å². The van der Waals surface area contributed by atoms with Crippen LogP contribution in [-0.4, -0.2) is 23.9 Å². The quantitative estimate of drug-likeness (QED) is 0.665. The van der Waals surface area contributed by atoms with Gasteiger partial charge in [0.2, 0.25) is 0 Å². The zero-order chi connectivity index (χ0) is 18.4. The molecule has 6 nitrogen and oxygen atoms in total. The van der Waals surface area contributed by atoms with Crippen LogP contribution in [-0.2, 0) is 16.6 Å². The van der Waals surface area contributed by atoms with Crippen molar-refractivity contribution in [2.45, 2.75) is 38.6 Å². The summed E-state index contributed by atoms with van der Waals surface area (Å²) in [6.07, 6.45) is 4.25. The minimum atomic E-state index is -3.80. The fourth-order valence-corrected chi connectivity index (χ4v) is 4.38. The number of fused-ring (bicyclic) bond motifs is 1. The monoisotopic (exact) mass is 473 g/mol. The summed E-state index contributed by atoms with van der Waals surface area (Å²) in [5.41, 5.74) is 1.01. The zero-order valence-electron chi connectivity index (χ0n) is 14.2. The number of nitrogens with one attached hydrogen (secondary N) is 1. The summed E-state index contributed by atoms with van der Waals surface area (Å²) in [5.74, 6) is 0.144. The number of hydrogen-bond acceptors (Lipinski definition) is 4. The molecule has 2 aromatic rings. The van der Waals surface area contributed by atoms with E-state index in [-0.39, 0.29) is 21.9 Å². The maximum Gasteiger partial charge on any atom is 0.286 e. The number of anilines is 1. The van der Waals surface area contributed by atoms with Gasteiger partial charge in [0.05, 0.1) is 11.3 Å². The average molecular weight is 473 g/mol. The summed E-state index contributed by atoms with van der Waals surface area (Å²) in [6.45, 7) is 7.17. The second-order valence-electron chi connectivity index (χ2n) is 7.29. The molecule has 8 heteroatoms. The summed E-state index contributed by atoms with van der Waals surface area (Å²) < 4.78 is 31.5. The maximum atomic E-state index is 12.5. The van der Waals surface area contributed by atoms with E-state index in [0.717, 1.165) is 16.5 Å². The number of nitrogens with zero attached hydrogens (tertiary/aromatic N) is 2. The molecule has 0 radical (unpaired) electrons. The molecule has 0 unspecified atom stereocenters. The second-order valence-corrected chi connectivity index (χ2v) is 10.1. The van der Waals surface area contributed by atoms with E-state index < -0.39 is 10.0 Å². The Balaban J connectivity index is 1.95. The summed E-state index contributed by atoms with van der Waals surface area (Å²) in [7, 11) is -3.80. The Morgan fingerprint density at radius 2 is 2.00 bits per heavy atom. The van der Waals surface area contributed by atoms with E-state index in [1.165, 1.54) is 0 Å². The van der Waals surface area contributed by atoms with Gasteiger partial charge in [0.1, 0.15) is 10.6 Å². The number of amidine groups is 1. The Kier molecular flexibility index (Phi) is 4.61. The number of aromatic nitrogens is 1. The Morgan fingerprint density at radius 3 is 2.68 bits per heavy atom. The van der Waals surface area contributed by atoms with Crippen molar-refractivity contribution in [3.05, 3.63) is 39.7 Å². The Bertz CT molecular complexity index is 956. The summed E-state index contributed by atoms with van der Waals surface area (Å²) in [6, 6.07) is 5.10. The number of rotatable bonds is 3. The molecule has 2 heterocycles. The van der Waals surface area contributed by atoms with Crippen molar-refractivity contribution in [3.8, 4) is 5.75 Å². The molecule has 3 rings (SSSR count). The van der Waals surface area contributed by atoms with Crippen LogP contribution in [0.15, 0.2) is 39.9 Å². The third kappa shape index (κ3) is 4.00. The number of aromatic hydroxyl groups is 1. The highest BCUT2D eigenvalue weighted by Crippen LogP contribution is 2.32. The molecule has 1 aliphatic rings. The molecule has 2 N–H and O–H groups in total. The fraction of sp³-hybridized carbons (Fsp3) is 0.353. The lowest BCUT2D eigenvalue weighted by Crippen LogP contribution is -2.22. The van der Waals surface area contributed by atoms with Gasteiger partial charge < -0.3 is 15.0 Å². The van der Waals surface area contributed by atoms with Gasteiger partial charge >= 0.3 is 0 Å². The van der Waals surface area contributed by atoms with E-state index in [2.05, 4.69) is 53.1 Å². The van der Waals surface area contributed by atoms with Crippen LogP contribution in [0.3, 0.4) is 0 Å². The topological polar surface area (TPSA) is 83.7 Å². The van der Waals surface area contributed by atoms with Crippen LogP contribution in [0.2, 0.25) is 0 Å². The number of hydrogen-bond donors (Lipinski definition) is 2. The first kappa shape index (κ1) is 18.2. The summed E-state index contributed by atoms with van der Waals surface area (Å²) in [5, 5.41) is 13.3. The van der Waals surface area contributed by atoms with Crippen LogP contribution in [0.5, 0.6) is 5.75 Å². The van der Waals surface area contributed by atoms with Gasteiger partial charge in [0.25, 0.3) is 10.0 Å². The van der Waals surface area contributed by atoms with Gasteiger partial charge in [-0.1, -0.05) is 20.8 Å². The summed E-state index contributed by atoms with van der Waals surface area (Å²) >= 11 is 2.06. The van der Waals surface area contributed by atoms with Gasteiger partial charge in [-0.15, -0.1) is 4.40 Å². The maximum absolute atomic E-state index is 12.5. The van der Waals surface area contributed by atoms with Crippen molar-refractivity contribution < 1.29 is 13.5 Å². The van der Waals surface area contributed by atoms with E-state index in [0.29, 0.717) is 11.3 Å². The molecular formula is C17H20IN3O3S. The number of benzene rings is 1. The minimum absolute atomic E-state index is 0.00400. The van der Waals surface area contributed by atoms with Crippen molar-refractivity contribution in [1.82, 2.24) is 4.57 Å². The molecule has 0 saturated carbocycles. The van der Waals surface area contributed by atoms with E-state index in [9.17, 15) is 13.5 Å². The lowest BCUT2D eigenvalue weighted by Gasteiger charge is -2.18. The van der Waals surface area contributed by atoms with Crippen LogP contribution in [0.1, 0.15) is 32.8 Å². The molecule has 0 amide bonds. The lowest BCUT2D eigenvalue weighted by atomic mass is 9.92. The molecule has 0 fully saturated rings. The van der Waals surface area contributed by atoms with E-state index in [4.69, 9.17) is 0 Å². The van der Waals surface area contributed by atoms with Gasteiger partial charge in [-0.2, -0.15) is 8.42 Å². The second kappa shape index (κ2) is 6.31. The highest BCUT2D eigenvalue weighted by molar-refractivity contribution is 14.1. The Morgan fingerprint density at radius 1 is 1.28 bits per heavy atom. The van der Waals surface area contributed by atoms with Gasteiger partial charge in [0, 0.05) is 22.5 Å². The smallest absolute Gasteiger partial charge is 0.286 e. The van der Waals surface area contributed by atoms with E-state index >= 15 is 0 Å². The van der Waals surface area contributed by atoms with Crippen molar-refractivity contribution >= 4 is 44.1 Å². The van der Waals surface area contributed by atoms with Gasteiger partial charge in [-0.3, -0.25) is 0 Å². The largest absolute Gasteiger partial charge is 0.506 e. The molecule has 0 bridgehead atoms. The van der Waals surface area contributed by atoms with Crippen LogP contribution in [0, 0.1) is 8.99 Å². The lowest BCUT2D eigenvalue weighted by molar-refractivity contribution is 0.350. The van der Waals surface area contributed by atoms with Crippen LogP contribution in [0.25, 0.3) is 0 Å². The number of halogens is 1. The highest BCUT2D eigenvalue weighted by Gasteiger charge is 2.27. The standard InChI is InChI=1S/C17H20IN3O3S/c1-17(2,3)6-7-21-9-12(14(22)10-21)16-19-13-5-4-11(18)8-15(13)25(23,24)20-16/h4-5,8-10,22H,6-7H2,1-3H3,(H,19,20). The van der Waals surface area contributed by atoms with Crippen LogP contribution in [0.4, 0.5) is 5.69 Å². The normalized spacial score (nSPS) is 16.1. The predicted octanol–water partition coefficient (Wildman–Crippen LogP) is 3.80. The third-order valence-electron chi connectivity index (χ3n) is 3.92. The fourth-order valence-electron chi connectivity index (χ4n) is 2.52. The van der Waals surface area contributed by atoms with Crippen molar-refractivity contribution in [2.75, 3.05) is 5.32 Å². The molecule has 134 valence electrons. The van der Waals surface area contributed by atoms with Crippen molar-refractivity contribution in [2.24, 2.45) is 9.81 Å². The Labute approximate surface area is 161 Å². The molecular weight excluding hydrogens is 453 g/mol. The van der Waals surface area contributed by atoms with E-state index in [1.54, 1.807) is 24.5 Å². The number of sulfonamides is 1. The van der Waals surface area contributed by atoms with Gasteiger partial charge in [0.15, 0.2) is 5.84 Å². The molecule has 25 heavy (non-hydrogen) atoms. The molecule has 0 saturated heterocycles. The molecule has 1 aromatic carbocycles. The molecule has 1 aromatic heterocycles. The van der Waals surface area contributed by atoms with Crippen LogP contribution < -0.4 is 5.32 Å². The first-order chi connectivity index (χ1) is 11.5. The molecule has 0 atom stereocenters. The first-order valence-corrected chi connectivity index (χ1v) is 10.4. The SMILES string of the molecule is CC(C)(C)CCn1cc(O)c(C2=NS(=O)(=O)c3cc(I)ccc3N2)c1. The van der Waals surface area contributed by atoms with Crippen LogP contribution >= 0.6 is 22.6 Å². The van der Waals surface area contributed by atoms with Gasteiger partial charge in [-0.25, -0.2) is 0 Å². The minimum Gasteiger partial charge on any atom is -0.506 e. The molecule has 0 aliphatic carbocycles. The highest BCUT2D eigenvalue weighted by atomic mass is 127. The molecule has 1 aliphatic heterocycles. The van der Waals surface area contributed by atoms with Crippen molar-refractivity contribution in [3.63, 3.8) is 0 Å². The average Bonchev–Trinajstić information content (AvgIpc) is 2.86. The van der Waals surface area contributed by atoms with Gasteiger partial charge in [-0.05, 0) is 52.6 Å². The zero-order valence-corrected chi connectivity index (χ0v) is 17.2. The summed E-state index contributed by atoms with van der Waals surface area (Å²) in [4.78, 5) is 0.148. The third-order valence-corrected chi connectivity index (χ3v) is 5.91.